The van der Waals surface area contributed by atoms with Crippen molar-refractivity contribution in [3.63, 3.8) is 0 Å². The van der Waals surface area contributed by atoms with Crippen LogP contribution in [0.3, 0.4) is 0 Å². The van der Waals surface area contributed by atoms with Crippen molar-refractivity contribution in [3.8, 4) is 0 Å². The molecule has 0 saturated carbocycles. The average Bonchev–Trinajstić information content (AvgIpc) is 3.10. The zero-order chi connectivity index (χ0) is 31.3. The minimum atomic E-state index is -3.17. The highest BCUT2D eigenvalue weighted by Gasteiger charge is 2.40. The zero-order valence-electron chi connectivity index (χ0n) is 25.0. The summed E-state index contributed by atoms with van der Waals surface area (Å²) in [6.07, 6.45) is 0. The van der Waals surface area contributed by atoms with E-state index in [1.807, 2.05) is 0 Å². The second-order valence-electron chi connectivity index (χ2n) is 10.3. The van der Waals surface area contributed by atoms with Gasteiger partial charge in [0.1, 0.15) is 53.7 Å². The molecule has 0 N–H and O–H groups in total. The molecule has 2 nitrogen and oxygen atoms in total. The molecule has 0 aliphatic heterocycles. The van der Waals surface area contributed by atoms with Gasteiger partial charge in [0.25, 0.3) is 0 Å². The van der Waals surface area contributed by atoms with Crippen LogP contribution in [-0.4, -0.2) is 20.7 Å². The minimum absolute atomic E-state index is 1.43. The smallest absolute Gasteiger partial charge is 0.121 e. The van der Waals surface area contributed by atoms with Crippen molar-refractivity contribution in [2.75, 3.05) is 13.3 Å². The summed E-state index contributed by atoms with van der Waals surface area (Å²) < 4.78 is 9.89. The normalized spacial score (nSPS) is 10.8. The fraction of sp³-hybridized carbons (Fsp3) is 0.0526. The lowest BCUT2D eigenvalue weighted by Gasteiger charge is -2.22. The first-order chi connectivity index (χ1) is 21.4. The van der Waals surface area contributed by atoms with Gasteiger partial charge in [0.05, 0.1) is 13.3 Å². The van der Waals surface area contributed by atoms with E-state index in [1.165, 1.54) is 31.8 Å². The molecule has 0 bridgehead atoms. The van der Waals surface area contributed by atoms with Gasteiger partial charge in [-0.05, 0) is 72.8 Å². The summed E-state index contributed by atoms with van der Waals surface area (Å²) in [6, 6.07) is 65.3. The largest absolute Gasteiger partial charge is 0.867 e. The molecule has 0 unspecified atom stereocenters. The number of benzene rings is 6. The second kappa shape index (κ2) is 16.2. The molecule has 0 spiro atoms. The lowest BCUT2D eigenvalue weighted by molar-refractivity contribution is -0.366. The Labute approximate surface area is 262 Å². The number of rotatable bonds is 6. The maximum atomic E-state index is 9.89. The molecule has 0 aliphatic rings. The molecule has 0 fully saturated rings. The Morgan fingerprint density at radius 2 is 0.455 bits per heavy atom. The molecule has 0 saturated heterocycles. The molecule has 6 heteroatoms. The SMILES string of the molecule is C[P+](c1ccccc1)(c1ccccc1)c1ccccc1.C[P+](c1ccccc1)(c1ccccc1)c1ccccc1.[O-]B([O-])F. The van der Waals surface area contributed by atoms with Gasteiger partial charge in [-0.3, -0.25) is 0 Å². The highest BCUT2D eigenvalue weighted by Crippen LogP contribution is 2.52. The van der Waals surface area contributed by atoms with Crippen LogP contribution in [0.15, 0.2) is 182 Å². The third-order valence-corrected chi connectivity index (χ3v) is 15.6. The van der Waals surface area contributed by atoms with Gasteiger partial charge >= 0.3 is 0 Å². The van der Waals surface area contributed by atoms with Crippen LogP contribution in [0.5, 0.6) is 0 Å². The maximum absolute atomic E-state index is 9.89. The minimum Gasteiger partial charge on any atom is -0.867 e. The van der Waals surface area contributed by atoms with Crippen molar-refractivity contribution in [1.82, 2.24) is 0 Å². The van der Waals surface area contributed by atoms with Crippen molar-refractivity contribution in [1.29, 1.82) is 0 Å². The topological polar surface area (TPSA) is 46.1 Å². The molecule has 0 radical (unpaired) electrons. The Morgan fingerprint density at radius 3 is 0.568 bits per heavy atom. The number of hydrogen-bond acceptors (Lipinski definition) is 2. The summed E-state index contributed by atoms with van der Waals surface area (Å²) in [7, 11) is -6.22. The van der Waals surface area contributed by atoms with Crippen molar-refractivity contribution >= 4 is 53.7 Å². The lowest BCUT2D eigenvalue weighted by Crippen LogP contribution is -2.39. The van der Waals surface area contributed by atoms with Gasteiger partial charge in [0.2, 0.25) is 0 Å². The molecule has 0 atom stereocenters. The molecule has 0 aliphatic carbocycles. The molecule has 6 aromatic carbocycles. The number of halogens is 1. The summed E-state index contributed by atoms with van der Waals surface area (Å²) in [5, 5.41) is 25.2. The van der Waals surface area contributed by atoms with E-state index >= 15 is 0 Å². The van der Waals surface area contributed by atoms with Crippen molar-refractivity contribution < 1.29 is 14.4 Å². The van der Waals surface area contributed by atoms with Crippen LogP contribution < -0.4 is 41.9 Å². The van der Waals surface area contributed by atoms with Gasteiger partial charge < -0.3 is 14.4 Å². The summed E-state index contributed by atoms with van der Waals surface area (Å²) in [4.78, 5) is 0. The van der Waals surface area contributed by atoms with Crippen LogP contribution >= 0.6 is 14.5 Å². The molecule has 6 rings (SSSR count). The first kappa shape index (κ1) is 33.0. The van der Waals surface area contributed by atoms with E-state index in [0.717, 1.165) is 0 Å². The fourth-order valence-corrected chi connectivity index (χ4v) is 11.7. The standard InChI is InChI=1S/2C19H18P.BFO2/c2*1-20(17-11-5-2-6-12-17,18-13-7-3-8-14-18)19-15-9-4-10-16-19;2-1(3)4/h2*2-16H,1H3;/q2*+1;-2. The van der Waals surface area contributed by atoms with E-state index in [-0.39, 0.29) is 0 Å². The van der Waals surface area contributed by atoms with E-state index < -0.39 is 21.9 Å². The summed E-state index contributed by atoms with van der Waals surface area (Å²) in [6.45, 7) is 4.82. The summed E-state index contributed by atoms with van der Waals surface area (Å²) in [5.41, 5.74) is 0. The van der Waals surface area contributed by atoms with Crippen LogP contribution in [0.25, 0.3) is 0 Å². The molecular weight excluding hydrogens is 580 g/mol. The third kappa shape index (κ3) is 8.17. The van der Waals surface area contributed by atoms with E-state index in [1.54, 1.807) is 0 Å². The van der Waals surface area contributed by atoms with Crippen LogP contribution in [-0.2, 0) is 0 Å². The molecule has 0 heterocycles. The molecular formula is C38H36BFO2P2. The Kier molecular flexibility index (Phi) is 12.2. The quantitative estimate of drug-likeness (QED) is 0.198. The third-order valence-electron chi connectivity index (χ3n) is 7.64. The van der Waals surface area contributed by atoms with E-state index in [4.69, 9.17) is 10.0 Å². The van der Waals surface area contributed by atoms with Crippen LogP contribution in [0.2, 0.25) is 0 Å². The summed E-state index contributed by atoms with van der Waals surface area (Å²) >= 11 is 0. The molecule has 0 amide bonds. The highest BCUT2D eigenvalue weighted by molar-refractivity contribution is 7.95. The Bertz CT molecular complexity index is 1320. The van der Waals surface area contributed by atoms with Gasteiger partial charge in [0, 0.05) is 0 Å². The predicted molar refractivity (Wildman–Crippen MR) is 189 cm³/mol. The Morgan fingerprint density at radius 1 is 0.341 bits per heavy atom. The van der Waals surface area contributed by atoms with E-state index in [9.17, 15) is 4.32 Å². The zero-order valence-corrected chi connectivity index (χ0v) is 26.8. The van der Waals surface area contributed by atoms with Crippen molar-refractivity contribution in [2.24, 2.45) is 0 Å². The number of hydrogen-bond donors (Lipinski definition) is 0. The monoisotopic (exact) mass is 616 g/mol. The molecule has 0 aromatic heterocycles. The van der Waals surface area contributed by atoms with Gasteiger partial charge in [-0.15, -0.1) is 0 Å². The van der Waals surface area contributed by atoms with Gasteiger partial charge in [-0.25, -0.2) is 0 Å². The average molecular weight is 616 g/mol. The second-order valence-corrected chi connectivity index (χ2v) is 17.4. The van der Waals surface area contributed by atoms with Crippen LogP contribution in [0, 0.1) is 0 Å². The van der Waals surface area contributed by atoms with Gasteiger partial charge in [-0.1, -0.05) is 109 Å². The Balaban J connectivity index is 0.000000179. The summed E-state index contributed by atoms with van der Waals surface area (Å²) in [5.74, 6) is 0. The van der Waals surface area contributed by atoms with E-state index in [2.05, 4.69) is 195 Å². The van der Waals surface area contributed by atoms with Crippen LogP contribution in [0.1, 0.15) is 0 Å². The Hall–Kier alpha value is -3.91. The highest BCUT2D eigenvalue weighted by atomic mass is 31.2. The lowest BCUT2D eigenvalue weighted by atomic mass is 10.3. The van der Waals surface area contributed by atoms with Gasteiger partial charge in [0.15, 0.2) is 0 Å². The predicted octanol–water partition coefficient (Wildman–Crippen LogP) is 4.88. The van der Waals surface area contributed by atoms with Gasteiger partial charge in [-0.2, -0.15) is 0 Å². The molecule has 220 valence electrons. The molecule has 44 heavy (non-hydrogen) atoms. The first-order valence-electron chi connectivity index (χ1n) is 14.4. The van der Waals surface area contributed by atoms with Crippen molar-refractivity contribution in [3.05, 3.63) is 182 Å². The van der Waals surface area contributed by atoms with Crippen LogP contribution in [0.4, 0.5) is 4.32 Å². The maximum Gasteiger partial charge on any atom is 0.121 e. The molecule has 6 aromatic rings. The van der Waals surface area contributed by atoms with Crippen molar-refractivity contribution in [2.45, 2.75) is 0 Å². The fourth-order valence-electron chi connectivity index (χ4n) is 5.25. The van der Waals surface area contributed by atoms with E-state index in [0.29, 0.717) is 0 Å². The first-order valence-corrected chi connectivity index (χ1v) is 18.9.